The number of carbonyl (C=O) groups excluding carboxylic acids is 3. The molecule has 0 radical (unpaired) electrons. The second kappa shape index (κ2) is 13.7. The molecule has 252 valence electrons. The van der Waals surface area contributed by atoms with Gasteiger partial charge in [0.25, 0.3) is 0 Å². The molecule has 4 aromatic carbocycles. The molecule has 0 amide bonds. The van der Waals surface area contributed by atoms with E-state index < -0.39 is 54.0 Å². The molecule has 1 fully saturated rings. The molecule has 0 spiro atoms. The molecule has 49 heavy (non-hydrogen) atoms. The molecular weight excluding hydrogens is 632 g/mol. The van der Waals surface area contributed by atoms with Gasteiger partial charge in [0.1, 0.15) is 35.6 Å². The van der Waals surface area contributed by atoms with Gasteiger partial charge in [-0.25, -0.2) is 0 Å². The van der Waals surface area contributed by atoms with Crippen molar-refractivity contribution in [2.24, 2.45) is 0 Å². The van der Waals surface area contributed by atoms with Gasteiger partial charge in [0, 0.05) is 41.2 Å². The standard InChI is InChI=1S/C38H34O11/c1-19-32(41)36(45)37(46)38(47-19)49-29-17-27-31(34(43)26(29)16-22-9-6-10-23(15-22)18-39)33(42)25-13-14-28(48-20(2)40)24(30(25)35(27)44)12-11-21-7-4-3-5-8-21/h3-15,17,19,32,36-39,41,43,45-46H,16,18H2,1-2H3/b12-11-/t19-,32+,36+,37+,38+/m0/s1. The predicted molar refractivity (Wildman–Crippen MR) is 176 cm³/mol. The van der Waals surface area contributed by atoms with Crippen molar-refractivity contribution in [3.05, 3.63) is 123 Å². The van der Waals surface area contributed by atoms with Crippen LogP contribution in [0.25, 0.3) is 12.2 Å². The lowest BCUT2D eigenvalue weighted by atomic mass is 9.79. The maximum absolute atomic E-state index is 14.4. The molecule has 1 saturated heterocycles. The van der Waals surface area contributed by atoms with Crippen molar-refractivity contribution in [1.82, 2.24) is 0 Å². The quantitative estimate of drug-likeness (QED) is 0.0929. The highest BCUT2D eigenvalue weighted by atomic mass is 16.7. The highest BCUT2D eigenvalue weighted by molar-refractivity contribution is 6.31. The van der Waals surface area contributed by atoms with Gasteiger partial charge in [0.15, 0.2) is 11.6 Å². The molecule has 1 aliphatic carbocycles. The molecule has 5 atom stereocenters. The molecule has 4 aromatic rings. The van der Waals surface area contributed by atoms with E-state index in [1.165, 1.54) is 32.0 Å². The van der Waals surface area contributed by atoms with E-state index in [1.54, 1.807) is 36.4 Å². The second-order valence-electron chi connectivity index (χ2n) is 12.0. The highest BCUT2D eigenvalue weighted by Gasteiger charge is 2.44. The largest absolute Gasteiger partial charge is 0.507 e. The Labute approximate surface area is 281 Å². The third kappa shape index (κ3) is 6.50. The minimum absolute atomic E-state index is 0.0183. The number of phenols is 1. The van der Waals surface area contributed by atoms with Crippen LogP contribution in [0.5, 0.6) is 17.2 Å². The first-order valence-electron chi connectivity index (χ1n) is 15.6. The van der Waals surface area contributed by atoms with Crippen LogP contribution in [0.15, 0.2) is 72.8 Å². The van der Waals surface area contributed by atoms with Crippen molar-refractivity contribution in [3.8, 4) is 17.2 Å². The van der Waals surface area contributed by atoms with E-state index in [4.69, 9.17) is 14.2 Å². The number of esters is 1. The minimum atomic E-state index is -1.71. The number of benzene rings is 4. The summed E-state index contributed by atoms with van der Waals surface area (Å²) in [4.78, 5) is 40.6. The molecule has 0 saturated carbocycles. The maximum Gasteiger partial charge on any atom is 0.308 e. The number of aromatic hydroxyl groups is 1. The van der Waals surface area contributed by atoms with Gasteiger partial charge in [-0.3, -0.25) is 14.4 Å². The number of fused-ring (bicyclic) bond motifs is 2. The fraction of sp³-hybridized carbons (Fsp3) is 0.237. The summed E-state index contributed by atoms with van der Waals surface area (Å²) in [6.07, 6.45) is -3.99. The molecule has 11 nitrogen and oxygen atoms in total. The van der Waals surface area contributed by atoms with Gasteiger partial charge in [0.05, 0.1) is 18.3 Å². The van der Waals surface area contributed by atoms with Crippen LogP contribution in [0.2, 0.25) is 0 Å². The number of hydrogen-bond acceptors (Lipinski definition) is 11. The van der Waals surface area contributed by atoms with Crippen LogP contribution in [0.1, 0.15) is 73.5 Å². The van der Waals surface area contributed by atoms with Crippen molar-refractivity contribution in [2.75, 3.05) is 0 Å². The number of ether oxygens (including phenoxy) is 3. The minimum Gasteiger partial charge on any atom is -0.507 e. The lowest BCUT2D eigenvalue weighted by Gasteiger charge is -2.39. The monoisotopic (exact) mass is 666 g/mol. The summed E-state index contributed by atoms with van der Waals surface area (Å²) < 4.78 is 17.1. The first kappa shape index (κ1) is 33.7. The zero-order valence-electron chi connectivity index (χ0n) is 26.6. The molecule has 0 unspecified atom stereocenters. The van der Waals surface area contributed by atoms with Crippen LogP contribution in [0.4, 0.5) is 0 Å². The fourth-order valence-corrected chi connectivity index (χ4v) is 6.11. The summed E-state index contributed by atoms with van der Waals surface area (Å²) >= 11 is 0. The molecule has 6 rings (SSSR count). The van der Waals surface area contributed by atoms with Crippen LogP contribution in [-0.4, -0.2) is 73.8 Å². The lowest BCUT2D eigenvalue weighted by Crippen LogP contribution is -2.58. The zero-order chi connectivity index (χ0) is 35.0. The Hall–Kier alpha value is -5.17. The van der Waals surface area contributed by atoms with Crippen molar-refractivity contribution in [3.63, 3.8) is 0 Å². The average molecular weight is 667 g/mol. The molecular formula is C38H34O11. The number of ketones is 2. The Balaban J connectivity index is 1.52. The Morgan fingerprint density at radius 3 is 2.24 bits per heavy atom. The van der Waals surface area contributed by atoms with E-state index in [0.717, 1.165) is 5.56 Å². The van der Waals surface area contributed by atoms with Gasteiger partial charge in [-0.2, -0.15) is 0 Å². The summed E-state index contributed by atoms with van der Waals surface area (Å²) in [5.74, 6) is -2.61. The molecule has 1 aliphatic heterocycles. The van der Waals surface area contributed by atoms with Crippen molar-refractivity contribution < 1.29 is 54.1 Å². The summed E-state index contributed by atoms with van der Waals surface area (Å²) in [5, 5.41) is 52.8. The topological polar surface area (TPSA) is 180 Å². The van der Waals surface area contributed by atoms with Gasteiger partial charge in [-0.1, -0.05) is 60.7 Å². The summed E-state index contributed by atoms with van der Waals surface area (Å²) in [6.45, 7) is 2.45. The predicted octanol–water partition coefficient (Wildman–Crippen LogP) is 3.55. The number of carbonyl (C=O) groups is 3. The van der Waals surface area contributed by atoms with Crippen LogP contribution >= 0.6 is 0 Å². The number of hydrogen-bond donors (Lipinski definition) is 5. The van der Waals surface area contributed by atoms with Gasteiger partial charge in [-0.15, -0.1) is 0 Å². The van der Waals surface area contributed by atoms with E-state index in [-0.39, 0.29) is 57.9 Å². The van der Waals surface area contributed by atoms with E-state index in [9.17, 15) is 39.9 Å². The van der Waals surface area contributed by atoms with Crippen LogP contribution < -0.4 is 9.47 Å². The number of aliphatic hydroxyl groups excluding tert-OH is 4. The van der Waals surface area contributed by atoms with Gasteiger partial charge < -0.3 is 39.7 Å². The number of phenolic OH excluding ortho intramolecular Hbond substituents is 1. The summed E-state index contributed by atoms with van der Waals surface area (Å²) in [7, 11) is 0. The number of aliphatic hydroxyl groups is 4. The van der Waals surface area contributed by atoms with Crippen LogP contribution in [-0.2, 0) is 22.6 Å². The van der Waals surface area contributed by atoms with Crippen LogP contribution in [0.3, 0.4) is 0 Å². The normalized spacial score (nSPS) is 21.7. The average Bonchev–Trinajstić information content (AvgIpc) is 3.09. The molecule has 1 heterocycles. The summed E-state index contributed by atoms with van der Waals surface area (Å²) in [6, 6.07) is 20.1. The molecule has 5 N–H and O–H groups in total. The van der Waals surface area contributed by atoms with Gasteiger partial charge >= 0.3 is 5.97 Å². The zero-order valence-corrected chi connectivity index (χ0v) is 26.6. The Morgan fingerprint density at radius 2 is 1.53 bits per heavy atom. The van der Waals surface area contributed by atoms with E-state index in [1.807, 2.05) is 30.3 Å². The first-order chi connectivity index (χ1) is 23.5. The van der Waals surface area contributed by atoms with Gasteiger partial charge in [0.2, 0.25) is 6.29 Å². The van der Waals surface area contributed by atoms with Crippen molar-refractivity contribution in [2.45, 2.75) is 57.6 Å². The van der Waals surface area contributed by atoms with E-state index >= 15 is 0 Å². The van der Waals surface area contributed by atoms with E-state index in [0.29, 0.717) is 11.1 Å². The first-order valence-corrected chi connectivity index (χ1v) is 15.6. The summed E-state index contributed by atoms with van der Waals surface area (Å²) in [5.41, 5.74) is 1.67. The third-order valence-electron chi connectivity index (χ3n) is 8.62. The van der Waals surface area contributed by atoms with E-state index in [2.05, 4.69) is 0 Å². The third-order valence-corrected chi connectivity index (χ3v) is 8.62. The molecule has 2 aliphatic rings. The highest BCUT2D eigenvalue weighted by Crippen LogP contribution is 2.44. The molecule has 0 bridgehead atoms. The van der Waals surface area contributed by atoms with Crippen LogP contribution in [0, 0.1) is 0 Å². The molecule has 11 heteroatoms. The number of rotatable bonds is 8. The molecule has 0 aromatic heterocycles. The smallest absolute Gasteiger partial charge is 0.308 e. The Morgan fingerprint density at radius 1 is 0.816 bits per heavy atom. The Bertz CT molecular complexity index is 1970. The SMILES string of the molecule is CC(=O)Oc1ccc2c(c1/C=C\c1ccccc1)C(=O)c1cc(O[C@H]3O[C@@H](C)[C@@H](O)[C@@H](O)[C@H]3O)c(Cc3cccc(CO)c3)c(O)c1C2=O. The maximum atomic E-state index is 14.4. The van der Waals surface area contributed by atoms with Crippen molar-refractivity contribution >= 4 is 29.7 Å². The lowest BCUT2D eigenvalue weighted by molar-refractivity contribution is -0.268. The fourth-order valence-electron chi connectivity index (χ4n) is 6.11. The Kier molecular flexibility index (Phi) is 9.46. The van der Waals surface area contributed by atoms with Gasteiger partial charge in [-0.05, 0) is 47.9 Å². The second-order valence-corrected chi connectivity index (χ2v) is 12.0. The van der Waals surface area contributed by atoms with Crippen molar-refractivity contribution in [1.29, 1.82) is 0 Å².